The van der Waals surface area contributed by atoms with Crippen molar-refractivity contribution in [1.29, 1.82) is 0 Å². The standard InChI is InChI=1S/C13H8ClN3O3S2/c1-19-11(18)8-9(14)15-13(21-8)22-12-17-16-10(20-12)7-5-3-2-4-6-7/h2-6H,1H3. The van der Waals surface area contributed by atoms with Gasteiger partial charge in [0.25, 0.3) is 5.22 Å². The van der Waals surface area contributed by atoms with Gasteiger partial charge >= 0.3 is 5.97 Å². The number of rotatable bonds is 4. The highest BCUT2D eigenvalue weighted by atomic mass is 35.5. The lowest BCUT2D eigenvalue weighted by molar-refractivity contribution is 0.0606. The number of hydrogen-bond acceptors (Lipinski definition) is 8. The van der Waals surface area contributed by atoms with Gasteiger partial charge in [-0.2, -0.15) is 0 Å². The van der Waals surface area contributed by atoms with Crippen LogP contribution in [0.1, 0.15) is 9.67 Å². The second-order valence-electron chi connectivity index (χ2n) is 3.93. The van der Waals surface area contributed by atoms with Gasteiger partial charge in [-0.15, -0.1) is 10.2 Å². The SMILES string of the molecule is COC(=O)c1sc(Sc2nnc(-c3ccccc3)o2)nc1Cl. The minimum absolute atomic E-state index is 0.0992. The Hall–Kier alpha value is -1.90. The van der Waals surface area contributed by atoms with E-state index in [4.69, 9.17) is 16.0 Å². The Morgan fingerprint density at radius 1 is 1.32 bits per heavy atom. The van der Waals surface area contributed by atoms with Gasteiger partial charge in [0, 0.05) is 17.3 Å². The maximum atomic E-state index is 11.5. The largest absolute Gasteiger partial charge is 0.465 e. The fourth-order valence-electron chi connectivity index (χ4n) is 1.57. The highest BCUT2D eigenvalue weighted by molar-refractivity contribution is 8.00. The summed E-state index contributed by atoms with van der Waals surface area (Å²) in [5.74, 6) is -0.108. The average molecular weight is 354 g/mol. The number of carbonyl (C=O) groups is 1. The lowest BCUT2D eigenvalue weighted by Crippen LogP contribution is -1.98. The highest BCUT2D eigenvalue weighted by Crippen LogP contribution is 2.35. The molecular formula is C13H8ClN3O3S2. The third-order valence-electron chi connectivity index (χ3n) is 2.54. The molecule has 0 amide bonds. The number of thiazole rings is 1. The predicted molar refractivity (Wildman–Crippen MR) is 82.3 cm³/mol. The molecule has 0 N–H and O–H groups in total. The Labute approximate surface area is 138 Å². The first-order valence-corrected chi connectivity index (χ1v) is 8.00. The number of nitrogens with zero attached hydrogens (tertiary/aromatic N) is 3. The summed E-state index contributed by atoms with van der Waals surface area (Å²) >= 11 is 8.15. The number of methoxy groups -OCH3 is 1. The molecule has 2 heterocycles. The number of hydrogen-bond donors (Lipinski definition) is 0. The van der Waals surface area contributed by atoms with Crippen molar-refractivity contribution >= 4 is 40.7 Å². The molecule has 0 fully saturated rings. The van der Waals surface area contributed by atoms with Crippen molar-refractivity contribution in [3.63, 3.8) is 0 Å². The lowest BCUT2D eigenvalue weighted by Gasteiger charge is -1.92. The topological polar surface area (TPSA) is 78.1 Å². The number of halogens is 1. The van der Waals surface area contributed by atoms with Crippen LogP contribution in [0.5, 0.6) is 0 Å². The summed E-state index contributed by atoms with van der Waals surface area (Å²) < 4.78 is 10.7. The number of ether oxygens (including phenoxy) is 1. The molecule has 0 radical (unpaired) electrons. The summed E-state index contributed by atoms with van der Waals surface area (Å²) in [5.41, 5.74) is 0.828. The summed E-state index contributed by atoms with van der Waals surface area (Å²) in [5, 5.41) is 8.34. The molecule has 1 aromatic carbocycles. The van der Waals surface area contributed by atoms with E-state index < -0.39 is 5.97 Å². The molecule has 0 atom stereocenters. The molecule has 6 nitrogen and oxygen atoms in total. The zero-order valence-electron chi connectivity index (χ0n) is 11.1. The minimum atomic E-state index is -0.523. The molecule has 0 aliphatic carbocycles. The summed E-state index contributed by atoms with van der Waals surface area (Å²) in [4.78, 5) is 15.8. The Bertz CT molecular complexity index is 804. The smallest absolute Gasteiger partial charge is 0.351 e. The molecule has 0 unspecified atom stereocenters. The molecular weight excluding hydrogens is 346 g/mol. The molecule has 9 heteroatoms. The zero-order valence-corrected chi connectivity index (χ0v) is 13.5. The van der Waals surface area contributed by atoms with E-state index in [2.05, 4.69) is 19.9 Å². The molecule has 0 saturated carbocycles. The number of benzene rings is 1. The summed E-state index contributed by atoms with van der Waals surface area (Å²) in [6.07, 6.45) is 0. The third kappa shape index (κ3) is 3.13. The van der Waals surface area contributed by atoms with Gasteiger partial charge in [0.1, 0.15) is 0 Å². The van der Waals surface area contributed by atoms with Crippen LogP contribution in [0.15, 0.2) is 44.3 Å². The van der Waals surface area contributed by atoms with E-state index >= 15 is 0 Å². The van der Waals surface area contributed by atoms with Crippen molar-refractivity contribution in [2.75, 3.05) is 7.11 Å². The number of carbonyl (C=O) groups excluding carboxylic acids is 1. The van der Waals surface area contributed by atoms with Gasteiger partial charge in [0.05, 0.1) is 7.11 Å². The van der Waals surface area contributed by atoms with Crippen LogP contribution in [-0.2, 0) is 4.74 Å². The van der Waals surface area contributed by atoms with E-state index in [1.54, 1.807) is 0 Å². The van der Waals surface area contributed by atoms with Crippen LogP contribution in [0.25, 0.3) is 11.5 Å². The van der Waals surface area contributed by atoms with E-state index in [1.165, 1.54) is 7.11 Å². The van der Waals surface area contributed by atoms with Crippen molar-refractivity contribution in [2.24, 2.45) is 0 Å². The van der Waals surface area contributed by atoms with Gasteiger partial charge in [-0.25, -0.2) is 9.78 Å². The van der Waals surface area contributed by atoms with Gasteiger partial charge in [0.2, 0.25) is 5.89 Å². The van der Waals surface area contributed by atoms with Crippen LogP contribution in [0.3, 0.4) is 0 Å². The first kappa shape index (κ1) is 15.0. The molecule has 2 aromatic heterocycles. The normalized spacial score (nSPS) is 10.6. The fraction of sp³-hybridized carbons (Fsp3) is 0.0769. The van der Waals surface area contributed by atoms with E-state index in [-0.39, 0.29) is 10.0 Å². The van der Waals surface area contributed by atoms with Crippen molar-refractivity contribution in [2.45, 2.75) is 9.56 Å². The van der Waals surface area contributed by atoms with E-state index in [1.807, 2.05) is 30.3 Å². The second-order valence-corrected chi connectivity index (χ2v) is 6.49. The third-order valence-corrected chi connectivity index (χ3v) is 4.86. The molecule has 0 aliphatic heterocycles. The minimum Gasteiger partial charge on any atom is -0.465 e. The maximum absolute atomic E-state index is 11.5. The molecule has 22 heavy (non-hydrogen) atoms. The Balaban J connectivity index is 1.80. The fourth-order valence-corrected chi connectivity index (χ4v) is 3.67. The summed E-state index contributed by atoms with van der Waals surface area (Å²) in [6, 6.07) is 9.42. The molecule has 0 bridgehead atoms. The zero-order chi connectivity index (χ0) is 15.5. The summed E-state index contributed by atoms with van der Waals surface area (Å²) in [6.45, 7) is 0. The molecule has 0 spiro atoms. The second kappa shape index (κ2) is 6.47. The molecule has 3 aromatic rings. The van der Waals surface area contributed by atoms with Crippen molar-refractivity contribution in [3.05, 3.63) is 40.4 Å². The van der Waals surface area contributed by atoms with Crippen LogP contribution in [0.4, 0.5) is 0 Å². The number of esters is 1. The van der Waals surface area contributed by atoms with Crippen LogP contribution in [0.2, 0.25) is 5.15 Å². The van der Waals surface area contributed by atoms with E-state index in [9.17, 15) is 4.79 Å². The average Bonchev–Trinajstić information content (AvgIpc) is 3.14. The summed E-state index contributed by atoms with van der Waals surface area (Å²) in [7, 11) is 1.29. The van der Waals surface area contributed by atoms with Gasteiger partial charge in [0.15, 0.2) is 14.4 Å². The van der Waals surface area contributed by atoms with Crippen LogP contribution < -0.4 is 0 Å². The van der Waals surface area contributed by atoms with Crippen LogP contribution in [-0.4, -0.2) is 28.3 Å². The molecule has 112 valence electrons. The first-order valence-electron chi connectivity index (χ1n) is 5.99. The maximum Gasteiger partial charge on any atom is 0.351 e. The first-order chi connectivity index (χ1) is 10.7. The highest BCUT2D eigenvalue weighted by Gasteiger charge is 2.19. The van der Waals surface area contributed by atoms with Crippen molar-refractivity contribution in [1.82, 2.24) is 15.2 Å². The van der Waals surface area contributed by atoms with Crippen LogP contribution >= 0.6 is 34.7 Å². The monoisotopic (exact) mass is 353 g/mol. The Kier molecular flexibility index (Phi) is 4.41. The molecule has 3 rings (SSSR count). The molecule has 0 saturated heterocycles. The van der Waals surface area contributed by atoms with E-state index in [0.717, 1.165) is 28.7 Å². The van der Waals surface area contributed by atoms with E-state index in [0.29, 0.717) is 15.5 Å². The van der Waals surface area contributed by atoms with Crippen molar-refractivity contribution in [3.8, 4) is 11.5 Å². The number of aromatic nitrogens is 3. The van der Waals surface area contributed by atoms with Crippen LogP contribution in [0, 0.1) is 0 Å². The Morgan fingerprint density at radius 3 is 2.82 bits per heavy atom. The Morgan fingerprint density at radius 2 is 2.09 bits per heavy atom. The predicted octanol–water partition coefficient (Wildman–Crippen LogP) is 3.78. The quantitative estimate of drug-likeness (QED) is 0.660. The molecule has 0 aliphatic rings. The van der Waals surface area contributed by atoms with Gasteiger partial charge in [-0.3, -0.25) is 0 Å². The van der Waals surface area contributed by atoms with Gasteiger partial charge in [-0.05, 0) is 12.1 Å². The van der Waals surface area contributed by atoms with Gasteiger partial charge < -0.3 is 9.15 Å². The lowest BCUT2D eigenvalue weighted by atomic mass is 10.2. The van der Waals surface area contributed by atoms with Gasteiger partial charge in [-0.1, -0.05) is 41.1 Å². The van der Waals surface area contributed by atoms with Crippen molar-refractivity contribution < 1.29 is 13.9 Å².